The lowest BCUT2D eigenvalue weighted by atomic mass is 9.97. The van der Waals surface area contributed by atoms with Gasteiger partial charge in [-0.15, -0.1) is 0 Å². The van der Waals surface area contributed by atoms with Crippen LogP contribution in [0.25, 0.3) is 0 Å². The van der Waals surface area contributed by atoms with Crippen molar-refractivity contribution in [1.82, 2.24) is 4.98 Å². The third-order valence-corrected chi connectivity index (χ3v) is 3.26. The Labute approximate surface area is 109 Å². The van der Waals surface area contributed by atoms with Crippen LogP contribution in [0.1, 0.15) is 12.8 Å². The van der Waals surface area contributed by atoms with Crippen molar-refractivity contribution in [3.05, 3.63) is 12.3 Å². The monoisotopic (exact) mass is 275 g/mol. The first kappa shape index (κ1) is 13.8. The Hall–Kier alpha value is -1.66. The molecule has 2 rings (SSSR count). The molecule has 0 spiro atoms. The maximum Gasteiger partial charge on any atom is 0.393 e. The van der Waals surface area contributed by atoms with E-state index in [1.54, 1.807) is 11.0 Å². The number of nitrogens with zero attached hydrogens (tertiary/aromatic N) is 2. The summed E-state index contributed by atoms with van der Waals surface area (Å²) in [7, 11) is 1.45. The molecule has 0 bridgehead atoms. The first-order chi connectivity index (χ1) is 8.91. The Morgan fingerprint density at radius 2 is 2.21 bits per heavy atom. The third kappa shape index (κ3) is 3.02. The fourth-order valence-corrected chi connectivity index (χ4v) is 2.28. The molecule has 1 atom stereocenters. The minimum atomic E-state index is -4.17. The molecule has 1 fully saturated rings. The molecule has 1 aromatic rings. The van der Waals surface area contributed by atoms with E-state index in [4.69, 9.17) is 10.5 Å². The second-order valence-corrected chi connectivity index (χ2v) is 4.62. The molecule has 19 heavy (non-hydrogen) atoms. The van der Waals surface area contributed by atoms with Crippen LogP contribution in [0.5, 0.6) is 5.75 Å². The van der Waals surface area contributed by atoms with E-state index in [0.29, 0.717) is 30.2 Å². The fourth-order valence-electron chi connectivity index (χ4n) is 2.28. The lowest BCUT2D eigenvalue weighted by Gasteiger charge is -2.35. The number of hydrogen-bond donors (Lipinski definition) is 1. The first-order valence-electron chi connectivity index (χ1n) is 6.03. The van der Waals surface area contributed by atoms with Gasteiger partial charge in [0.1, 0.15) is 0 Å². The van der Waals surface area contributed by atoms with Gasteiger partial charge in [0.15, 0.2) is 11.6 Å². The number of aromatic nitrogens is 1. The van der Waals surface area contributed by atoms with E-state index in [-0.39, 0.29) is 13.0 Å². The molecule has 106 valence electrons. The molecule has 1 aromatic heterocycles. The van der Waals surface area contributed by atoms with Crippen LogP contribution in [0.15, 0.2) is 12.3 Å². The summed E-state index contributed by atoms with van der Waals surface area (Å²) >= 11 is 0. The van der Waals surface area contributed by atoms with Crippen LogP contribution >= 0.6 is 0 Å². The summed E-state index contributed by atoms with van der Waals surface area (Å²) in [5, 5.41) is 0. The van der Waals surface area contributed by atoms with Gasteiger partial charge in [0.2, 0.25) is 0 Å². The van der Waals surface area contributed by atoms with Gasteiger partial charge in [-0.1, -0.05) is 0 Å². The Morgan fingerprint density at radius 3 is 2.84 bits per heavy atom. The zero-order valence-electron chi connectivity index (χ0n) is 10.6. The summed E-state index contributed by atoms with van der Waals surface area (Å²) in [5.41, 5.74) is 6.01. The largest absolute Gasteiger partial charge is 0.493 e. The summed E-state index contributed by atoms with van der Waals surface area (Å²) in [4.78, 5) is 5.71. The van der Waals surface area contributed by atoms with Crippen LogP contribution in [0.2, 0.25) is 0 Å². The van der Waals surface area contributed by atoms with Gasteiger partial charge < -0.3 is 15.4 Å². The second kappa shape index (κ2) is 5.14. The van der Waals surface area contributed by atoms with Gasteiger partial charge in [-0.05, 0) is 12.8 Å². The van der Waals surface area contributed by atoms with Gasteiger partial charge in [0, 0.05) is 19.2 Å². The number of halogens is 3. The maximum atomic E-state index is 12.8. The molecule has 0 aromatic carbocycles. The van der Waals surface area contributed by atoms with Gasteiger partial charge in [0.25, 0.3) is 0 Å². The SMILES string of the molecule is COc1cc(N)cnc1N1CCCC(C(F)(F)F)C1. The summed E-state index contributed by atoms with van der Waals surface area (Å²) < 4.78 is 43.5. The van der Waals surface area contributed by atoms with Gasteiger partial charge in [-0.3, -0.25) is 0 Å². The molecule has 1 aliphatic rings. The Kier molecular flexibility index (Phi) is 3.73. The predicted molar refractivity (Wildman–Crippen MR) is 66.2 cm³/mol. The van der Waals surface area contributed by atoms with E-state index in [9.17, 15) is 13.2 Å². The molecule has 0 amide bonds. The van der Waals surface area contributed by atoms with E-state index in [1.165, 1.54) is 13.3 Å². The molecule has 4 nitrogen and oxygen atoms in total. The molecule has 2 heterocycles. The van der Waals surface area contributed by atoms with Crippen molar-refractivity contribution in [2.45, 2.75) is 19.0 Å². The van der Waals surface area contributed by atoms with E-state index < -0.39 is 12.1 Å². The minimum absolute atomic E-state index is 0.0865. The van der Waals surface area contributed by atoms with Gasteiger partial charge in [0.05, 0.1) is 24.9 Å². The minimum Gasteiger partial charge on any atom is -0.493 e. The Balaban J connectivity index is 2.22. The summed E-state index contributed by atoms with van der Waals surface area (Å²) in [5.74, 6) is -0.487. The second-order valence-electron chi connectivity index (χ2n) is 4.62. The quantitative estimate of drug-likeness (QED) is 0.900. The number of methoxy groups -OCH3 is 1. The van der Waals surface area contributed by atoms with E-state index in [2.05, 4.69) is 4.98 Å². The van der Waals surface area contributed by atoms with Crippen molar-refractivity contribution < 1.29 is 17.9 Å². The number of anilines is 2. The number of piperidine rings is 1. The molecule has 1 saturated heterocycles. The Bertz CT molecular complexity index is 450. The predicted octanol–water partition coefficient (Wildman–Crippen LogP) is 2.45. The van der Waals surface area contributed by atoms with E-state index >= 15 is 0 Å². The van der Waals surface area contributed by atoms with Crippen molar-refractivity contribution in [3.8, 4) is 5.75 Å². The normalized spacial score (nSPS) is 20.4. The fraction of sp³-hybridized carbons (Fsp3) is 0.583. The highest BCUT2D eigenvalue weighted by molar-refractivity contribution is 5.58. The number of pyridine rings is 1. The molecule has 2 N–H and O–H groups in total. The van der Waals surface area contributed by atoms with Crippen LogP contribution in [-0.4, -0.2) is 31.4 Å². The van der Waals surface area contributed by atoms with Crippen molar-refractivity contribution in [2.24, 2.45) is 5.92 Å². The summed E-state index contributed by atoms with van der Waals surface area (Å²) in [6.07, 6.45) is -2.09. The molecular weight excluding hydrogens is 259 g/mol. The summed E-state index contributed by atoms with van der Waals surface area (Å²) in [6.45, 7) is 0.455. The highest BCUT2D eigenvalue weighted by Crippen LogP contribution is 2.36. The third-order valence-electron chi connectivity index (χ3n) is 3.26. The number of rotatable bonds is 2. The number of alkyl halides is 3. The molecule has 7 heteroatoms. The summed E-state index contributed by atoms with van der Waals surface area (Å²) in [6, 6.07) is 1.57. The smallest absolute Gasteiger partial charge is 0.393 e. The molecule has 0 radical (unpaired) electrons. The van der Waals surface area contributed by atoms with Crippen LogP contribution in [0.3, 0.4) is 0 Å². The van der Waals surface area contributed by atoms with Crippen molar-refractivity contribution in [1.29, 1.82) is 0 Å². The lowest BCUT2D eigenvalue weighted by molar-refractivity contribution is -0.176. The number of hydrogen-bond acceptors (Lipinski definition) is 4. The number of nitrogen functional groups attached to an aromatic ring is 1. The van der Waals surface area contributed by atoms with Gasteiger partial charge in [-0.25, -0.2) is 4.98 Å². The van der Waals surface area contributed by atoms with Crippen LogP contribution in [-0.2, 0) is 0 Å². The van der Waals surface area contributed by atoms with Crippen LogP contribution < -0.4 is 15.4 Å². The molecule has 1 unspecified atom stereocenters. The van der Waals surface area contributed by atoms with E-state index in [0.717, 1.165) is 0 Å². The van der Waals surface area contributed by atoms with E-state index in [1.807, 2.05) is 0 Å². The molecule has 0 aliphatic carbocycles. The topological polar surface area (TPSA) is 51.4 Å². The maximum absolute atomic E-state index is 12.8. The standard InChI is InChI=1S/C12H16F3N3O/c1-19-10-5-9(16)6-17-11(10)18-4-2-3-8(7-18)12(13,14)15/h5-6,8H,2-4,7,16H2,1H3. The van der Waals surface area contributed by atoms with Crippen molar-refractivity contribution in [3.63, 3.8) is 0 Å². The first-order valence-corrected chi connectivity index (χ1v) is 6.03. The Morgan fingerprint density at radius 1 is 1.47 bits per heavy atom. The highest BCUT2D eigenvalue weighted by atomic mass is 19.4. The van der Waals surface area contributed by atoms with Gasteiger partial charge >= 0.3 is 6.18 Å². The van der Waals surface area contributed by atoms with Crippen molar-refractivity contribution in [2.75, 3.05) is 30.8 Å². The number of ether oxygens (including phenoxy) is 1. The van der Waals surface area contributed by atoms with Crippen LogP contribution in [0, 0.1) is 5.92 Å². The van der Waals surface area contributed by atoms with Crippen LogP contribution in [0.4, 0.5) is 24.7 Å². The highest BCUT2D eigenvalue weighted by Gasteiger charge is 2.42. The molecular formula is C12H16F3N3O. The molecule has 1 aliphatic heterocycles. The zero-order valence-corrected chi connectivity index (χ0v) is 10.6. The average molecular weight is 275 g/mol. The number of nitrogens with two attached hydrogens (primary N) is 1. The molecule has 0 saturated carbocycles. The van der Waals surface area contributed by atoms with Gasteiger partial charge in [-0.2, -0.15) is 13.2 Å². The average Bonchev–Trinajstić information content (AvgIpc) is 2.37. The lowest BCUT2D eigenvalue weighted by Crippen LogP contribution is -2.42. The zero-order chi connectivity index (χ0) is 14.0. The van der Waals surface area contributed by atoms with Crippen molar-refractivity contribution >= 4 is 11.5 Å².